The first kappa shape index (κ1) is 22.9. The first-order valence-electron chi connectivity index (χ1n) is 8.81. The summed E-state index contributed by atoms with van der Waals surface area (Å²) in [5, 5.41) is -0.118. The fraction of sp³-hybridized carbons (Fsp3) is 0.556. The third kappa shape index (κ3) is 5.59. The lowest BCUT2D eigenvalue weighted by atomic mass is 9.92. The van der Waals surface area contributed by atoms with Crippen LogP contribution in [0.4, 0.5) is 19.0 Å². The second-order valence-electron chi connectivity index (χ2n) is 7.68. The molecule has 29 heavy (non-hydrogen) atoms. The number of anilines is 1. The maximum atomic E-state index is 12.8. The number of pyridine rings is 1. The number of nitrogens with one attached hydrogen (secondary N) is 1. The Balaban J connectivity index is 2.08. The number of ether oxygens (including phenoxy) is 1. The Morgan fingerprint density at radius 3 is 2.38 bits per heavy atom. The lowest BCUT2D eigenvalue weighted by Crippen LogP contribution is -2.37. The summed E-state index contributed by atoms with van der Waals surface area (Å²) in [6, 6.07) is 1.67. The van der Waals surface area contributed by atoms with E-state index in [-0.39, 0.29) is 18.7 Å². The number of hydrazine groups is 1. The van der Waals surface area contributed by atoms with Crippen LogP contribution in [0.5, 0.6) is 0 Å². The normalized spacial score (nSPS) is 20.2. The number of esters is 1. The number of carbonyl (C=O) groups excluding carboxylic acids is 3. The van der Waals surface area contributed by atoms with Crippen LogP contribution in [0, 0.1) is 11.8 Å². The number of hydrogen-bond donors (Lipinski definition) is 1. The van der Waals surface area contributed by atoms with Gasteiger partial charge in [-0.3, -0.25) is 19.8 Å². The van der Waals surface area contributed by atoms with Gasteiger partial charge in [-0.05, 0) is 39.3 Å². The van der Waals surface area contributed by atoms with Gasteiger partial charge >= 0.3 is 12.1 Å². The molecule has 11 heteroatoms. The summed E-state index contributed by atoms with van der Waals surface area (Å²) in [5.74, 6) is -3.36. The Hall–Kier alpha value is -2.36. The first-order valence-corrected chi connectivity index (χ1v) is 9.18. The minimum atomic E-state index is -4.68. The second-order valence-corrected chi connectivity index (χ2v) is 8.03. The van der Waals surface area contributed by atoms with Crippen LogP contribution in [0.1, 0.15) is 46.1 Å². The fourth-order valence-electron chi connectivity index (χ4n) is 2.84. The number of aromatic nitrogens is 1. The molecule has 2 atom stereocenters. The van der Waals surface area contributed by atoms with E-state index < -0.39 is 52.1 Å². The van der Waals surface area contributed by atoms with E-state index in [0.717, 1.165) is 6.07 Å². The molecular formula is C18H21ClF3N3O4. The van der Waals surface area contributed by atoms with Crippen LogP contribution in [0.2, 0.25) is 5.15 Å². The Bertz CT molecular complexity index is 824. The average Bonchev–Trinajstić information content (AvgIpc) is 2.74. The SMILES string of the molecule is CC1C(=O)N(Nc2ccc(C(F)(F)F)c(Cl)n2)C(=O)C1CCC(=O)OC(C)(C)C. The zero-order valence-electron chi connectivity index (χ0n) is 16.3. The van der Waals surface area contributed by atoms with Crippen molar-refractivity contribution in [2.24, 2.45) is 11.8 Å². The predicted octanol–water partition coefficient (Wildman–Crippen LogP) is 3.82. The molecule has 1 aliphatic heterocycles. The van der Waals surface area contributed by atoms with E-state index in [4.69, 9.17) is 16.3 Å². The fourth-order valence-corrected chi connectivity index (χ4v) is 3.10. The van der Waals surface area contributed by atoms with Gasteiger partial charge in [0.25, 0.3) is 11.8 Å². The van der Waals surface area contributed by atoms with Crippen molar-refractivity contribution in [3.05, 3.63) is 22.8 Å². The summed E-state index contributed by atoms with van der Waals surface area (Å²) >= 11 is 5.56. The number of nitrogens with zero attached hydrogens (tertiary/aromatic N) is 2. The zero-order chi connectivity index (χ0) is 22.1. The van der Waals surface area contributed by atoms with Crippen LogP contribution >= 0.6 is 11.6 Å². The molecule has 0 radical (unpaired) electrons. The molecule has 1 aromatic rings. The Kier molecular flexibility index (Phi) is 6.46. The highest BCUT2D eigenvalue weighted by Crippen LogP contribution is 2.35. The largest absolute Gasteiger partial charge is 0.460 e. The Morgan fingerprint density at radius 1 is 1.24 bits per heavy atom. The molecule has 0 bridgehead atoms. The van der Waals surface area contributed by atoms with Crippen LogP contribution in [0.3, 0.4) is 0 Å². The predicted molar refractivity (Wildman–Crippen MR) is 97.5 cm³/mol. The van der Waals surface area contributed by atoms with E-state index in [1.54, 1.807) is 20.8 Å². The van der Waals surface area contributed by atoms with Gasteiger partial charge in [-0.1, -0.05) is 18.5 Å². The summed E-state index contributed by atoms with van der Waals surface area (Å²) in [5.41, 5.74) is 0.602. The van der Waals surface area contributed by atoms with Crippen LogP contribution in [0.25, 0.3) is 0 Å². The third-order valence-electron chi connectivity index (χ3n) is 4.21. The monoisotopic (exact) mass is 435 g/mol. The third-order valence-corrected chi connectivity index (χ3v) is 4.50. The van der Waals surface area contributed by atoms with E-state index in [1.165, 1.54) is 6.92 Å². The molecule has 160 valence electrons. The number of rotatable bonds is 5. The van der Waals surface area contributed by atoms with Crippen molar-refractivity contribution in [3.8, 4) is 0 Å². The maximum absolute atomic E-state index is 12.8. The molecule has 0 aromatic carbocycles. The van der Waals surface area contributed by atoms with Crippen molar-refractivity contribution in [2.45, 2.75) is 52.3 Å². The summed E-state index contributed by atoms with van der Waals surface area (Å²) in [4.78, 5) is 40.4. The Morgan fingerprint density at radius 2 is 1.86 bits per heavy atom. The maximum Gasteiger partial charge on any atom is 0.419 e. The number of halogens is 4. The summed E-state index contributed by atoms with van der Waals surface area (Å²) in [6.07, 6.45) is -4.63. The number of imide groups is 1. The molecule has 1 N–H and O–H groups in total. The molecule has 2 heterocycles. The average molecular weight is 436 g/mol. The molecule has 7 nitrogen and oxygen atoms in total. The van der Waals surface area contributed by atoms with Gasteiger partial charge in [-0.2, -0.15) is 18.2 Å². The summed E-state index contributed by atoms with van der Waals surface area (Å²) in [7, 11) is 0. The Labute approximate surface area is 170 Å². The van der Waals surface area contributed by atoms with E-state index in [0.29, 0.717) is 11.1 Å². The van der Waals surface area contributed by atoms with E-state index >= 15 is 0 Å². The van der Waals surface area contributed by atoms with Crippen LogP contribution in [-0.2, 0) is 25.3 Å². The minimum Gasteiger partial charge on any atom is -0.460 e. The van der Waals surface area contributed by atoms with Gasteiger partial charge in [-0.15, -0.1) is 0 Å². The quantitative estimate of drug-likeness (QED) is 0.429. The number of alkyl halides is 3. The topological polar surface area (TPSA) is 88.6 Å². The van der Waals surface area contributed by atoms with E-state index in [9.17, 15) is 27.6 Å². The van der Waals surface area contributed by atoms with Crippen LogP contribution in [-0.4, -0.2) is 33.4 Å². The number of carbonyl (C=O) groups is 3. The molecule has 0 spiro atoms. The van der Waals surface area contributed by atoms with Crippen LogP contribution < -0.4 is 5.43 Å². The van der Waals surface area contributed by atoms with Crippen molar-refractivity contribution in [1.29, 1.82) is 0 Å². The zero-order valence-corrected chi connectivity index (χ0v) is 17.0. The molecular weight excluding hydrogens is 415 g/mol. The molecule has 2 unspecified atom stereocenters. The highest BCUT2D eigenvalue weighted by atomic mass is 35.5. The lowest BCUT2D eigenvalue weighted by Gasteiger charge is -2.20. The number of hydrogen-bond acceptors (Lipinski definition) is 6. The van der Waals surface area contributed by atoms with E-state index in [2.05, 4.69) is 10.4 Å². The molecule has 1 saturated heterocycles. The second kappa shape index (κ2) is 8.17. The van der Waals surface area contributed by atoms with Crippen LogP contribution in [0.15, 0.2) is 12.1 Å². The van der Waals surface area contributed by atoms with Gasteiger partial charge in [0.2, 0.25) is 0 Å². The van der Waals surface area contributed by atoms with Crippen molar-refractivity contribution >= 4 is 35.2 Å². The van der Waals surface area contributed by atoms with Crippen molar-refractivity contribution in [3.63, 3.8) is 0 Å². The molecule has 0 saturated carbocycles. The number of amides is 2. The lowest BCUT2D eigenvalue weighted by molar-refractivity contribution is -0.155. The minimum absolute atomic E-state index is 0.0521. The smallest absolute Gasteiger partial charge is 0.419 e. The summed E-state index contributed by atoms with van der Waals surface area (Å²) < 4.78 is 43.5. The highest BCUT2D eigenvalue weighted by molar-refractivity contribution is 6.30. The van der Waals surface area contributed by atoms with Gasteiger partial charge in [-0.25, -0.2) is 4.98 Å². The van der Waals surface area contributed by atoms with Crippen molar-refractivity contribution in [1.82, 2.24) is 9.99 Å². The van der Waals surface area contributed by atoms with Gasteiger partial charge in [0.1, 0.15) is 16.6 Å². The molecule has 2 rings (SSSR count). The molecule has 0 aliphatic carbocycles. The van der Waals surface area contributed by atoms with Gasteiger partial charge in [0.15, 0.2) is 0 Å². The molecule has 1 aliphatic rings. The van der Waals surface area contributed by atoms with Gasteiger partial charge in [0, 0.05) is 12.3 Å². The molecule has 1 fully saturated rings. The van der Waals surface area contributed by atoms with Gasteiger partial charge in [0.05, 0.1) is 11.5 Å². The molecule has 1 aromatic heterocycles. The first-order chi connectivity index (χ1) is 13.2. The standard InChI is InChI=1S/C18H21ClF3N3O4/c1-9-10(5-8-13(26)29-17(2,3)4)16(28)25(15(9)27)24-12-7-6-11(14(19)23-12)18(20,21)22/h6-7,9-10H,5,8H2,1-4H3,(H,23,24). The highest BCUT2D eigenvalue weighted by Gasteiger charge is 2.45. The molecule has 2 amide bonds. The summed E-state index contributed by atoms with van der Waals surface area (Å²) in [6.45, 7) is 6.68. The van der Waals surface area contributed by atoms with Crippen molar-refractivity contribution in [2.75, 3.05) is 5.43 Å². The van der Waals surface area contributed by atoms with Crippen molar-refractivity contribution < 1.29 is 32.3 Å². The van der Waals surface area contributed by atoms with Gasteiger partial charge < -0.3 is 4.74 Å². The van der Waals surface area contributed by atoms with E-state index in [1.807, 2.05) is 0 Å².